The summed E-state index contributed by atoms with van der Waals surface area (Å²) in [6, 6.07) is 8.68. The first-order valence-corrected chi connectivity index (χ1v) is 13.9. The topological polar surface area (TPSA) is 27.7 Å². The van der Waals surface area contributed by atoms with Crippen molar-refractivity contribution in [1.29, 1.82) is 0 Å². The van der Waals surface area contributed by atoms with E-state index in [9.17, 15) is 35.1 Å². The first-order chi connectivity index (χ1) is 20.5. The van der Waals surface area contributed by atoms with E-state index < -0.39 is 52.9 Å². The molecule has 0 spiro atoms. The molecule has 4 rings (SSSR count). The highest BCUT2D eigenvalue weighted by molar-refractivity contribution is 5.64. The molecule has 2 unspecified atom stereocenters. The summed E-state index contributed by atoms with van der Waals surface area (Å²) in [6.07, 6.45) is -0.677. The Morgan fingerprint density at radius 2 is 1.53 bits per heavy atom. The van der Waals surface area contributed by atoms with E-state index >= 15 is 0 Å². The number of ether oxygens (including phenoxy) is 3. The van der Waals surface area contributed by atoms with Gasteiger partial charge in [0.05, 0.1) is 19.0 Å². The molecule has 1 heterocycles. The molecule has 0 radical (unpaired) electrons. The molecule has 3 aromatic carbocycles. The summed E-state index contributed by atoms with van der Waals surface area (Å²) in [5.41, 5.74) is -0.518. The molecule has 43 heavy (non-hydrogen) atoms. The minimum Gasteiger partial charge on any atom is -0.459 e. The molecule has 1 fully saturated rings. The van der Waals surface area contributed by atoms with Crippen molar-refractivity contribution in [3.05, 3.63) is 95.3 Å². The summed E-state index contributed by atoms with van der Waals surface area (Å²) in [6.45, 7) is 2.83. The molecule has 1 saturated heterocycles. The van der Waals surface area contributed by atoms with E-state index in [0.717, 1.165) is 31.2 Å². The first kappa shape index (κ1) is 32.3. The van der Waals surface area contributed by atoms with E-state index in [-0.39, 0.29) is 29.9 Å². The number of alkyl halides is 4. The Kier molecular flexibility index (Phi) is 10.7. The van der Waals surface area contributed by atoms with Gasteiger partial charge in [-0.3, -0.25) is 0 Å². The van der Waals surface area contributed by atoms with Crippen molar-refractivity contribution >= 4 is 0 Å². The van der Waals surface area contributed by atoms with Crippen LogP contribution < -0.4 is 9.47 Å². The maximum atomic E-state index is 14.9. The van der Waals surface area contributed by atoms with Crippen molar-refractivity contribution in [2.24, 2.45) is 5.92 Å². The second kappa shape index (κ2) is 14.2. The highest BCUT2D eigenvalue weighted by atomic mass is 19.3. The van der Waals surface area contributed by atoms with Gasteiger partial charge >= 0.3 is 6.11 Å². The molecule has 1 aliphatic heterocycles. The largest absolute Gasteiger partial charge is 0.459 e. The normalized spacial score (nSPS) is 17.5. The lowest BCUT2D eigenvalue weighted by Gasteiger charge is -2.29. The summed E-state index contributed by atoms with van der Waals surface area (Å²) in [5.74, 6) is -8.20. The molecule has 11 heteroatoms. The molecule has 2 atom stereocenters. The second-order valence-corrected chi connectivity index (χ2v) is 10.3. The predicted octanol–water partition coefficient (Wildman–Crippen LogP) is 10.2. The van der Waals surface area contributed by atoms with Crippen LogP contribution in [0.25, 0.3) is 11.1 Å². The third-order valence-electron chi connectivity index (χ3n) is 7.16. The van der Waals surface area contributed by atoms with Crippen LogP contribution in [-0.2, 0) is 10.8 Å². The van der Waals surface area contributed by atoms with Crippen molar-refractivity contribution in [3.63, 3.8) is 0 Å². The van der Waals surface area contributed by atoms with E-state index in [1.165, 1.54) is 12.8 Å². The summed E-state index contributed by atoms with van der Waals surface area (Å²) in [5, 5.41) is 0. The van der Waals surface area contributed by atoms with Crippen LogP contribution in [0.15, 0.2) is 60.9 Å². The van der Waals surface area contributed by atoms with Crippen LogP contribution in [0.5, 0.6) is 11.5 Å². The van der Waals surface area contributed by atoms with Gasteiger partial charge in [-0.2, -0.15) is 8.78 Å². The van der Waals surface area contributed by atoms with E-state index in [4.69, 9.17) is 4.74 Å². The number of hydrogen-bond donors (Lipinski definition) is 0. The van der Waals surface area contributed by atoms with Crippen LogP contribution in [0.3, 0.4) is 0 Å². The van der Waals surface area contributed by atoms with Crippen LogP contribution >= 0.6 is 0 Å². The molecule has 0 aromatic heterocycles. The number of allylic oxidation sites excluding steroid dienone is 1. The van der Waals surface area contributed by atoms with Crippen LogP contribution in [0, 0.1) is 29.2 Å². The molecule has 0 bridgehead atoms. The lowest BCUT2D eigenvalue weighted by Crippen LogP contribution is -2.25. The molecule has 0 aliphatic carbocycles. The zero-order valence-electron chi connectivity index (χ0n) is 23.2. The Hall–Kier alpha value is -3.60. The molecule has 0 amide bonds. The van der Waals surface area contributed by atoms with Gasteiger partial charge in [0.1, 0.15) is 22.9 Å². The SMILES string of the molecule is CCCCCC1CCC(c2ccc(-c3cc(F)c(C(F)(F)Oc4cc(F)c(OC=CC(F)F)c(F)c4)c(F)c3)cc2)OC1. The Morgan fingerprint density at radius 1 is 0.884 bits per heavy atom. The second-order valence-electron chi connectivity index (χ2n) is 10.3. The first-order valence-electron chi connectivity index (χ1n) is 13.9. The average Bonchev–Trinajstić information content (AvgIpc) is 2.94. The minimum absolute atomic E-state index is 0.0166. The standard InChI is InChI=1S/C32H30F8O3/c1-2-3-4-5-19-6-11-28(42-18-19)21-9-7-20(8-10-21)22-14-24(33)30(25(34)15-22)32(39,40)43-23-16-26(35)31(27(36)17-23)41-13-12-29(37)38/h7-10,12-17,19,28-29H,2-6,11,18H2,1H3. The Morgan fingerprint density at radius 3 is 2.09 bits per heavy atom. The van der Waals surface area contributed by atoms with Crippen LogP contribution in [-0.4, -0.2) is 13.0 Å². The average molecular weight is 615 g/mol. The van der Waals surface area contributed by atoms with Crippen molar-refractivity contribution < 1.29 is 49.3 Å². The maximum absolute atomic E-state index is 14.9. The van der Waals surface area contributed by atoms with Gasteiger partial charge in [0.25, 0.3) is 6.43 Å². The fourth-order valence-corrected chi connectivity index (χ4v) is 4.96. The van der Waals surface area contributed by atoms with E-state index in [0.29, 0.717) is 36.5 Å². The molecular weight excluding hydrogens is 584 g/mol. The van der Waals surface area contributed by atoms with Gasteiger partial charge in [0.15, 0.2) is 17.4 Å². The summed E-state index contributed by atoms with van der Waals surface area (Å²) in [4.78, 5) is 0. The predicted molar refractivity (Wildman–Crippen MR) is 144 cm³/mol. The molecule has 1 aliphatic rings. The van der Waals surface area contributed by atoms with Crippen molar-refractivity contribution in [2.45, 2.75) is 64.1 Å². The number of benzene rings is 3. The van der Waals surface area contributed by atoms with Gasteiger partial charge in [-0.1, -0.05) is 50.5 Å². The Bertz CT molecular complexity index is 1350. The van der Waals surface area contributed by atoms with E-state index in [1.54, 1.807) is 24.3 Å². The number of unbranched alkanes of at least 4 members (excludes halogenated alkanes) is 2. The Labute approximate surface area is 244 Å². The maximum Gasteiger partial charge on any atom is 0.432 e. The smallest absolute Gasteiger partial charge is 0.432 e. The van der Waals surface area contributed by atoms with Crippen molar-refractivity contribution in [2.75, 3.05) is 6.61 Å². The van der Waals surface area contributed by atoms with Gasteiger partial charge in [0, 0.05) is 18.2 Å². The highest BCUT2D eigenvalue weighted by Gasteiger charge is 2.41. The fraction of sp³-hybridized carbons (Fsp3) is 0.375. The third kappa shape index (κ3) is 8.28. The summed E-state index contributed by atoms with van der Waals surface area (Å²) < 4.78 is 127. The molecule has 0 N–H and O–H groups in total. The number of rotatable bonds is 12. The third-order valence-corrected chi connectivity index (χ3v) is 7.16. The summed E-state index contributed by atoms with van der Waals surface area (Å²) in [7, 11) is 0. The minimum atomic E-state index is -4.68. The Balaban J connectivity index is 1.45. The van der Waals surface area contributed by atoms with Crippen LogP contribution in [0.2, 0.25) is 0 Å². The van der Waals surface area contributed by atoms with Gasteiger partial charge in [-0.15, -0.1) is 0 Å². The fourth-order valence-electron chi connectivity index (χ4n) is 4.96. The lowest BCUT2D eigenvalue weighted by atomic mass is 9.90. The zero-order chi connectivity index (χ0) is 31.1. The van der Waals surface area contributed by atoms with E-state index in [2.05, 4.69) is 16.4 Å². The van der Waals surface area contributed by atoms with Crippen molar-refractivity contribution in [1.82, 2.24) is 0 Å². The van der Waals surface area contributed by atoms with Gasteiger partial charge in [0.2, 0.25) is 0 Å². The lowest BCUT2D eigenvalue weighted by molar-refractivity contribution is -0.189. The van der Waals surface area contributed by atoms with Crippen LogP contribution in [0.1, 0.15) is 62.7 Å². The number of halogens is 8. The van der Waals surface area contributed by atoms with E-state index in [1.807, 2.05) is 0 Å². The molecule has 3 aromatic rings. The molecule has 3 nitrogen and oxygen atoms in total. The molecular formula is C32H30F8O3. The monoisotopic (exact) mass is 614 g/mol. The van der Waals surface area contributed by atoms with Gasteiger partial charge < -0.3 is 14.2 Å². The zero-order valence-corrected chi connectivity index (χ0v) is 23.2. The van der Waals surface area contributed by atoms with Crippen molar-refractivity contribution in [3.8, 4) is 22.6 Å². The molecule has 232 valence electrons. The molecule has 0 saturated carbocycles. The summed E-state index contributed by atoms with van der Waals surface area (Å²) >= 11 is 0. The van der Waals surface area contributed by atoms with Crippen LogP contribution in [0.4, 0.5) is 35.1 Å². The quantitative estimate of drug-likeness (QED) is 0.115. The number of hydrogen-bond acceptors (Lipinski definition) is 3. The highest BCUT2D eigenvalue weighted by Crippen LogP contribution is 2.39. The van der Waals surface area contributed by atoms with Gasteiger partial charge in [-0.05, 0) is 54.0 Å². The van der Waals surface area contributed by atoms with Gasteiger partial charge in [-0.25, -0.2) is 26.3 Å².